The lowest BCUT2D eigenvalue weighted by molar-refractivity contribution is 0.0641. The van der Waals surface area contributed by atoms with Crippen molar-refractivity contribution in [2.45, 2.75) is 18.9 Å². The molecule has 0 aromatic heterocycles. The Hall–Kier alpha value is 0.0300. The van der Waals surface area contributed by atoms with Gasteiger partial charge in [-0.25, -0.2) is 0 Å². The fraction of sp³-hybridized carbons (Fsp3) is 1.00. The molecule has 0 spiro atoms. The summed E-state index contributed by atoms with van der Waals surface area (Å²) in [6, 6.07) is 0. The van der Waals surface area contributed by atoms with Crippen molar-refractivity contribution in [3.8, 4) is 0 Å². The lowest BCUT2D eigenvalue weighted by atomic mass is 10.4. The lowest BCUT2D eigenvalue weighted by Gasteiger charge is -2.13. The van der Waals surface area contributed by atoms with Crippen LogP contribution in [0.2, 0.25) is 0 Å². The van der Waals surface area contributed by atoms with Gasteiger partial charge in [-0.15, -0.1) is 0 Å². The molecule has 6 nitrogen and oxygen atoms in total. The third-order valence-electron chi connectivity index (χ3n) is 0.776. The molecule has 0 unspecified atom stereocenters. The van der Waals surface area contributed by atoms with Crippen molar-refractivity contribution in [3.63, 3.8) is 0 Å². The minimum absolute atomic E-state index is 0. The molecule has 7 N–H and O–H groups in total. The first kappa shape index (κ1) is 12.7. The second kappa shape index (κ2) is 4.02. The van der Waals surface area contributed by atoms with E-state index in [4.69, 9.17) is 20.0 Å². The SMILES string of the molecule is C[C@@H](O)[C@H](O)P(O)(O)=[18O].N. The molecule has 0 heterocycles. The monoisotopic (exact) mass is 175 g/mol. The van der Waals surface area contributed by atoms with Crippen LogP contribution in [0.15, 0.2) is 0 Å². The van der Waals surface area contributed by atoms with Crippen molar-refractivity contribution >= 4 is 7.60 Å². The molecule has 64 valence electrons. The van der Waals surface area contributed by atoms with Crippen LogP contribution in [-0.4, -0.2) is 31.9 Å². The van der Waals surface area contributed by atoms with Gasteiger partial charge >= 0.3 is 7.60 Å². The smallest absolute Gasteiger partial charge is 0.356 e. The van der Waals surface area contributed by atoms with Gasteiger partial charge in [-0.05, 0) is 6.92 Å². The second-order valence-electron chi connectivity index (χ2n) is 1.74. The van der Waals surface area contributed by atoms with Gasteiger partial charge in [0.15, 0.2) is 5.85 Å². The molecule has 2 atom stereocenters. The van der Waals surface area contributed by atoms with E-state index >= 15 is 0 Å². The largest absolute Gasteiger partial charge is 0.390 e. The third-order valence-corrected chi connectivity index (χ3v) is 1.90. The van der Waals surface area contributed by atoms with Crippen LogP contribution in [0, 0.1) is 0 Å². The average Bonchev–Trinajstić information content (AvgIpc) is 1.62. The average molecular weight is 175 g/mol. The summed E-state index contributed by atoms with van der Waals surface area (Å²) in [5.41, 5.74) is 0. The molecule has 0 radical (unpaired) electrons. The zero-order chi connectivity index (χ0) is 7.65. The van der Waals surface area contributed by atoms with Crippen molar-refractivity contribution in [2.24, 2.45) is 0 Å². The van der Waals surface area contributed by atoms with Gasteiger partial charge in [0.2, 0.25) is 0 Å². The van der Waals surface area contributed by atoms with Crippen LogP contribution in [-0.2, 0) is 4.57 Å². The molecular formula is C3H12NO5P. The van der Waals surface area contributed by atoms with Crippen molar-refractivity contribution in [1.82, 2.24) is 6.15 Å². The highest BCUT2D eigenvalue weighted by atomic mass is 31.2. The van der Waals surface area contributed by atoms with Crippen LogP contribution in [0.3, 0.4) is 0 Å². The zero-order valence-corrected chi connectivity index (χ0v) is 6.40. The number of aliphatic hydroxyl groups is 2. The van der Waals surface area contributed by atoms with Gasteiger partial charge in [0, 0.05) is 0 Å². The number of hydrogen-bond acceptors (Lipinski definition) is 4. The van der Waals surface area contributed by atoms with Gasteiger partial charge in [0.1, 0.15) is 0 Å². The standard InChI is InChI=1S/C3H9O5P.H3N/c1-2(4)3(5)9(6,7)8;/h2-5H,1H3,(H2,6,7,8);1H3/t2-,3-;/m1./s1/i6+2;. The van der Waals surface area contributed by atoms with E-state index in [1.807, 2.05) is 0 Å². The van der Waals surface area contributed by atoms with Crippen LogP contribution in [0.5, 0.6) is 0 Å². The van der Waals surface area contributed by atoms with Crippen molar-refractivity contribution < 1.29 is 24.6 Å². The van der Waals surface area contributed by atoms with E-state index in [9.17, 15) is 4.57 Å². The van der Waals surface area contributed by atoms with E-state index in [0.29, 0.717) is 0 Å². The van der Waals surface area contributed by atoms with Crippen molar-refractivity contribution in [3.05, 3.63) is 0 Å². The van der Waals surface area contributed by atoms with Gasteiger partial charge in [-0.2, -0.15) is 0 Å². The summed E-state index contributed by atoms with van der Waals surface area (Å²) in [7, 11) is -4.51. The Morgan fingerprint density at radius 3 is 1.60 bits per heavy atom. The van der Waals surface area contributed by atoms with Gasteiger partial charge in [-0.3, -0.25) is 4.57 Å². The summed E-state index contributed by atoms with van der Waals surface area (Å²) in [5, 5.41) is 16.9. The van der Waals surface area contributed by atoms with E-state index in [0.717, 1.165) is 6.92 Å². The van der Waals surface area contributed by atoms with Crippen LogP contribution in [0.1, 0.15) is 6.92 Å². The van der Waals surface area contributed by atoms with E-state index in [1.165, 1.54) is 0 Å². The normalized spacial score (nSPS) is 17.3. The molecule has 0 rings (SSSR count). The maximum atomic E-state index is 10.1. The number of aliphatic hydroxyl groups excluding tert-OH is 2. The molecule has 0 aromatic carbocycles. The van der Waals surface area contributed by atoms with Crippen molar-refractivity contribution in [1.29, 1.82) is 0 Å². The summed E-state index contributed by atoms with van der Waals surface area (Å²) in [5.74, 6) is -1.96. The summed E-state index contributed by atoms with van der Waals surface area (Å²) in [6.45, 7) is 1.10. The molecule has 0 saturated carbocycles. The number of rotatable bonds is 2. The van der Waals surface area contributed by atoms with Crippen molar-refractivity contribution in [2.75, 3.05) is 0 Å². The molecule has 0 bridgehead atoms. The Labute approximate surface area is 58.2 Å². The Morgan fingerprint density at radius 1 is 1.30 bits per heavy atom. The van der Waals surface area contributed by atoms with Crippen LogP contribution >= 0.6 is 7.60 Å². The maximum absolute atomic E-state index is 10.1. The van der Waals surface area contributed by atoms with Crippen LogP contribution in [0.25, 0.3) is 0 Å². The minimum Gasteiger partial charge on any atom is -0.390 e. The highest BCUT2D eigenvalue weighted by Crippen LogP contribution is 2.40. The Bertz CT molecular complexity index is 131. The predicted molar refractivity (Wildman–Crippen MR) is 34.8 cm³/mol. The van der Waals surface area contributed by atoms with Gasteiger partial charge in [0.25, 0.3) is 0 Å². The first-order valence-corrected chi connectivity index (χ1v) is 3.95. The highest BCUT2D eigenvalue weighted by Gasteiger charge is 2.30. The maximum Gasteiger partial charge on any atom is 0.356 e. The lowest BCUT2D eigenvalue weighted by Crippen LogP contribution is -2.21. The molecule has 0 fully saturated rings. The fourth-order valence-corrected chi connectivity index (χ4v) is 0.843. The van der Waals surface area contributed by atoms with Crippen LogP contribution in [0.4, 0.5) is 0 Å². The molecule has 10 heavy (non-hydrogen) atoms. The molecule has 0 saturated heterocycles. The Kier molecular flexibility index (Phi) is 5.10. The van der Waals surface area contributed by atoms with Gasteiger partial charge in [-0.1, -0.05) is 0 Å². The quantitative estimate of drug-likeness (QED) is 0.270. The van der Waals surface area contributed by atoms with Crippen LogP contribution < -0.4 is 6.15 Å². The summed E-state index contributed by atoms with van der Waals surface area (Å²) in [4.78, 5) is 16.3. The summed E-state index contributed by atoms with van der Waals surface area (Å²) < 4.78 is 10.1. The highest BCUT2D eigenvalue weighted by molar-refractivity contribution is 7.52. The molecular weight excluding hydrogens is 163 g/mol. The van der Waals surface area contributed by atoms with E-state index in [2.05, 4.69) is 0 Å². The molecule has 0 aliphatic carbocycles. The fourth-order valence-electron chi connectivity index (χ4n) is 0.281. The van der Waals surface area contributed by atoms with Gasteiger partial charge < -0.3 is 26.2 Å². The second-order valence-corrected chi connectivity index (χ2v) is 3.45. The Balaban J connectivity index is 0. The molecule has 0 amide bonds. The third kappa shape index (κ3) is 3.94. The van der Waals surface area contributed by atoms with E-state index in [-0.39, 0.29) is 6.15 Å². The topological polar surface area (TPSA) is 133 Å². The first-order chi connectivity index (χ1) is 3.85. The molecule has 0 aliphatic heterocycles. The number of hydrogen-bond donors (Lipinski definition) is 5. The Morgan fingerprint density at radius 2 is 1.60 bits per heavy atom. The molecule has 0 aromatic rings. The molecule has 7 heteroatoms. The summed E-state index contributed by atoms with van der Waals surface area (Å²) >= 11 is 0. The minimum atomic E-state index is -4.51. The van der Waals surface area contributed by atoms with E-state index < -0.39 is 19.5 Å². The van der Waals surface area contributed by atoms with E-state index in [1.54, 1.807) is 0 Å². The first-order valence-electron chi connectivity index (χ1n) is 2.27. The van der Waals surface area contributed by atoms with Gasteiger partial charge in [0.05, 0.1) is 6.10 Å². The molecule has 0 aliphatic rings. The zero-order valence-electron chi connectivity index (χ0n) is 5.51. The summed E-state index contributed by atoms with van der Waals surface area (Å²) in [6.07, 6.45) is -1.40. The predicted octanol–water partition coefficient (Wildman–Crippen LogP) is -0.975.